The van der Waals surface area contributed by atoms with Crippen molar-refractivity contribution >= 4 is 22.8 Å². The molecule has 0 fully saturated rings. The van der Waals surface area contributed by atoms with Crippen LogP contribution in [0, 0.1) is 20.2 Å². The number of hydrogen-bond acceptors (Lipinski definition) is 10. The molecule has 5 rings (SSSR count). The lowest BCUT2D eigenvalue weighted by atomic mass is 9.88. The number of nitro groups is 2. The van der Waals surface area contributed by atoms with Crippen molar-refractivity contribution in [2.45, 2.75) is 5.92 Å². The lowest BCUT2D eigenvalue weighted by Crippen LogP contribution is -2.27. The van der Waals surface area contributed by atoms with Gasteiger partial charge in [-0.05, 0) is 35.9 Å². The van der Waals surface area contributed by atoms with Gasteiger partial charge in [0.2, 0.25) is 6.79 Å². The Labute approximate surface area is 198 Å². The van der Waals surface area contributed by atoms with Crippen molar-refractivity contribution in [3.8, 4) is 23.0 Å². The Kier molecular flexibility index (Phi) is 5.53. The lowest BCUT2D eigenvalue weighted by Gasteiger charge is -2.28. The minimum atomic E-state index is -0.701. The first-order chi connectivity index (χ1) is 16.9. The topological polar surface area (TPSA) is 148 Å². The molecule has 2 aliphatic rings. The summed E-state index contributed by atoms with van der Waals surface area (Å²) in [6.07, 6.45) is 0. The van der Waals surface area contributed by atoms with Crippen LogP contribution in [0.5, 0.6) is 23.0 Å². The minimum absolute atomic E-state index is 0.0130. The maximum absolute atomic E-state index is 11.5. The number of non-ortho nitro benzene ring substituents is 1. The second-order valence-corrected chi connectivity index (χ2v) is 7.66. The fraction of sp³-hybridized carbons (Fsp3) is 0.174. The van der Waals surface area contributed by atoms with Gasteiger partial charge in [-0.25, -0.2) is 0 Å². The monoisotopic (exact) mass is 478 g/mol. The Morgan fingerprint density at radius 2 is 1.77 bits per heavy atom. The third-order valence-corrected chi connectivity index (χ3v) is 5.68. The fourth-order valence-corrected chi connectivity index (χ4v) is 3.92. The van der Waals surface area contributed by atoms with Crippen molar-refractivity contribution < 1.29 is 28.8 Å². The Hall–Kier alpha value is -4.87. The standard InChI is InChI=1S/C23H18N4O8/c1-32-15-4-5-16-21(10-15)33-11-17(13-2-7-20-22(8-13)35-12-34-20)23(16)25-24-18-6-3-14(26(28)29)9-19(18)27(30)31/h2-10,17,24H,11-12H2,1H3. The van der Waals surface area contributed by atoms with Gasteiger partial charge in [0.15, 0.2) is 11.5 Å². The second-order valence-electron chi connectivity index (χ2n) is 7.66. The molecule has 1 unspecified atom stereocenters. The second kappa shape index (κ2) is 8.82. The quantitative estimate of drug-likeness (QED) is 0.406. The lowest BCUT2D eigenvalue weighted by molar-refractivity contribution is -0.393. The largest absolute Gasteiger partial charge is 0.497 e. The van der Waals surface area contributed by atoms with Crippen LogP contribution in [0.25, 0.3) is 0 Å². The number of anilines is 1. The van der Waals surface area contributed by atoms with Crippen molar-refractivity contribution in [2.75, 3.05) is 25.9 Å². The highest BCUT2D eigenvalue weighted by Gasteiger charge is 2.31. The Bertz CT molecular complexity index is 1370. The molecule has 35 heavy (non-hydrogen) atoms. The van der Waals surface area contributed by atoms with E-state index in [9.17, 15) is 20.2 Å². The van der Waals surface area contributed by atoms with Gasteiger partial charge in [0, 0.05) is 17.7 Å². The number of methoxy groups -OCH3 is 1. The summed E-state index contributed by atoms with van der Waals surface area (Å²) >= 11 is 0. The number of benzene rings is 3. The van der Waals surface area contributed by atoms with Gasteiger partial charge in [0.1, 0.15) is 23.8 Å². The normalized spacial score (nSPS) is 16.8. The van der Waals surface area contributed by atoms with Crippen LogP contribution in [0.15, 0.2) is 59.7 Å². The Morgan fingerprint density at radius 3 is 2.54 bits per heavy atom. The summed E-state index contributed by atoms with van der Waals surface area (Å²) in [5.74, 6) is 2.02. The van der Waals surface area contributed by atoms with E-state index in [1.807, 2.05) is 12.1 Å². The number of hydrazone groups is 1. The molecule has 0 saturated carbocycles. The molecule has 3 aromatic carbocycles. The average Bonchev–Trinajstić information content (AvgIpc) is 3.34. The number of fused-ring (bicyclic) bond motifs is 2. The van der Waals surface area contributed by atoms with Crippen LogP contribution in [0.3, 0.4) is 0 Å². The predicted octanol–water partition coefficient (Wildman–Crippen LogP) is 4.23. The number of ether oxygens (including phenoxy) is 4. The van der Waals surface area contributed by atoms with E-state index in [0.29, 0.717) is 34.3 Å². The van der Waals surface area contributed by atoms with E-state index in [0.717, 1.165) is 11.6 Å². The van der Waals surface area contributed by atoms with E-state index >= 15 is 0 Å². The molecule has 0 aliphatic carbocycles. The Morgan fingerprint density at radius 1 is 0.943 bits per heavy atom. The molecule has 0 saturated heterocycles. The van der Waals surface area contributed by atoms with E-state index in [1.54, 1.807) is 31.4 Å². The molecule has 0 spiro atoms. The van der Waals surface area contributed by atoms with Gasteiger partial charge in [0.25, 0.3) is 5.69 Å². The van der Waals surface area contributed by atoms with Crippen LogP contribution in [0.2, 0.25) is 0 Å². The molecule has 0 aromatic heterocycles. The zero-order valence-electron chi connectivity index (χ0n) is 18.3. The summed E-state index contributed by atoms with van der Waals surface area (Å²) < 4.78 is 22.2. The average molecular weight is 478 g/mol. The summed E-state index contributed by atoms with van der Waals surface area (Å²) in [6, 6.07) is 14.1. The third-order valence-electron chi connectivity index (χ3n) is 5.68. The van der Waals surface area contributed by atoms with Crippen LogP contribution in [-0.2, 0) is 0 Å². The van der Waals surface area contributed by atoms with Crippen LogP contribution in [0.1, 0.15) is 17.0 Å². The van der Waals surface area contributed by atoms with E-state index in [4.69, 9.17) is 18.9 Å². The molecule has 0 amide bonds. The highest BCUT2D eigenvalue weighted by atomic mass is 16.7. The molecule has 0 bridgehead atoms. The molecule has 0 radical (unpaired) electrons. The Balaban J connectivity index is 1.57. The molecule has 12 nitrogen and oxygen atoms in total. The number of nitrogens with one attached hydrogen (secondary N) is 1. The number of nitrogens with zero attached hydrogens (tertiary/aromatic N) is 3. The van der Waals surface area contributed by atoms with E-state index in [-0.39, 0.29) is 25.0 Å². The van der Waals surface area contributed by atoms with Crippen molar-refractivity contribution in [1.29, 1.82) is 0 Å². The first-order valence-electron chi connectivity index (χ1n) is 10.4. The van der Waals surface area contributed by atoms with Gasteiger partial charge in [-0.2, -0.15) is 5.10 Å². The zero-order chi connectivity index (χ0) is 24.5. The zero-order valence-corrected chi connectivity index (χ0v) is 18.3. The van der Waals surface area contributed by atoms with E-state index < -0.39 is 21.2 Å². The van der Waals surface area contributed by atoms with Gasteiger partial charge in [-0.1, -0.05) is 6.07 Å². The molecule has 2 heterocycles. The molecule has 1 atom stereocenters. The van der Waals surface area contributed by atoms with E-state index in [1.165, 1.54) is 12.1 Å². The smallest absolute Gasteiger partial charge is 0.301 e. The third kappa shape index (κ3) is 4.12. The first-order valence-corrected chi connectivity index (χ1v) is 10.4. The molecular formula is C23H18N4O8. The van der Waals surface area contributed by atoms with Crippen molar-refractivity contribution in [2.24, 2.45) is 5.10 Å². The summed E-state index contributed by atoms with van der Waals surface area (Å²) in [5, 5.41) is 27.1. The highest BCUT2D eigenvalue weighted by Crippen LogP contribution is 2.40. The highest BCUT2D eigenvalue weighted by molar-refractivity contribution is 6.08. The number of rotatable bonds is 6. The van der Waals surface area contributed by atoms with Gasteiger partial charge in [-0.15, -0.1) is 0 Å². The molecule has 2 aliphatic heterocycles. The molecule has 12 heteroatoms. The first kappa shape index (κ1) is 21.9. The summed E-state index contributed by atoms with van der Waals surface area (Å²) in [4.78, 5) is 21.2. The van der Waals surface area contributed by atoms with Gasteiger partial charge in [0.05, 0.1) is 34.7 Å². The minimum Gasteiger partial charge on any atom is -0.497 e. The van der Waals surface area contributed by atoms with Crippen molar-refractivity contribution in [3.63, 3.8) is 0 Å². The molecule has 3 aromatic rings. The van der Waals surface area contributed by atoms with Crippen molar-refractivity contribution in [3.05, 3.63) is 86.0 Å². The molecular weight excluding hydrogens is 460 g/mol. The predicted molar refractivity (Wildman–Crippen MR) is 124 cm³/mol. The number of nitro benzene ring substituents is 2. The molecule has 1 N–H and O–H groups in total. The van der Waals surface area contributed by atoms with Gasteiger partial charge in [-0.3, -0.25) is 25.7 Å². The van der Waals surface area contributed by atoms with Gasteiger partial charge >= 0.3 is 5.69 Å². The summed E-state index contributed by atoms with van der Waals surface area (Å²) in [5.41, 5.74) is 3.95. The van der Waals surface area contributed by atoms with Crippen LogP contribution >= 0.6 is 0 Å². The van der Waals surface area contributed by atoms with Gasteiger partial charge < -0.3 is 18.9 Å². The van der Waals surface area contributed by atoms with E-state index in [2.05, 4.69) is 10.5 Å². The summed E-state index contributed by atoms with van der Waals surface area (Å²) in [6.45, 7) is 0.373. The maximum Gasteiger partial charge on any atom is 0.301 e. The van der Waals surface area contributed by atoms with Crippen LogP contribution in [-0.4, -0.2) is 36.1 Å². The fourth-order valence-electron chi connectivity index (χ4n) is 3.92. The molecule has 178 valence electrons. The van der Waals surface area contributed by atoms with Crippen LogP contribution in [0.4, 0.5) is 17.1 Å². The SMILES string of the molecule is COc1ccc2c(c1)OCC(c1ccc3c(c1)OCO3)C2=NNc1ccc([N+](=O)[O-])cc1[N+](=O)[O-]. The summed E-state index contributed by atoms with van der Waals surface area (Å²) in [7, 11) is 1.55. The van der Waals surface area contributed by atoms with Crippen LogP contribution < -0.4 is 24.4 Å². The maximum atomic E-state index is 11.5. The number of hydrogen-bond donors (Lipinski definition) is 1. The van der Waals surface area contributed by atoms with Crippen molar-refractivity contribution in [1.82, 2.24) is 0 Å².